The lowest BCUT2D eigenvalue weighted by molar-refractivity contribution is -0.143. The third-order valence-corrected chi connectivity index (χ3v) is 7.48. The second kappa shape index (κ2) is 13.0. The molecule has 0 spiro atoms. The van der Waals surface area contributed by atoms with E-state index in [1.807, 2.05) is 0 Å². The number of morpholine rings is 1. The van der Waals surface area contributed by atoms with Crippen molar-refractivity contribution in [3.8, 4) is 0 Å². The van der Waals surface area contributed by atoms with Crippen molar-refractivity contribution in [2.75, 3.05) is 49.2 Å². The van der Waals surface area contributed by atoms with Gasteiger partial charge in [-0.05, 0) is 50.2 Å². The van der Waals surface area contributed by atoms with E-state index in [1.54, 1.807) is 29.2 Å². The van der Waals surface area contributed by atoms with Crippen molar-refractivity contribution in [1.29, 1.82) is 0 Å². The molecule has 40 heavy (non-hydrogen) atoms. The Labute approximate surface area is 245 Å². The van der Waals surface area contributed by atoms with E-state index in [4.69, 9.17) is 21.1 Å². The number of rotatable bonds is 9. The van der Waals surface area contributed by atoms with Gasteiger partial charge in [-0.3, -0.25) is 34.3 Å². The highest BCUT2D eigenvalue weighted by atomic mass is 35.5. The van der Waals surface area contributed by atoms with E-state index in [0.717, 1.165) is 16.2 Å². The maximum absolute atomic E-state index is 13.2. The lowest BCUT2D eigenvalue weighted by Crippen LogP contribution is -2.53. The number of cyclic esters (lactones) is 1. The molecule has 0 unspecified atom stereocenters. The number of carboxylic acids is 1. The SMILES string of the molecule is CC(C)(NCC(=O)N(C[C@H]1CN(c2ccc(N3CCOCC3=O)cc2)C(=O)O1)C(=O)c1ccc(Cl)s1)C(=O)O.Cl. The smallest absolute Gasteiger partial charge is 0.414 e. The van der Waals surface area contributed by atoms with Crippen LogP contribution in [0.25, 0.3) is 0 Å². The predicted octanol–water partition coefficient (Wildman–Crippen LogP) is 2.63. The molecule has 1 aromatic heterocycles. The van der Waals surface area contributed by atoms with Gasteiger partial charge in [-0.2, -0.15) is 0 Å². The van der Waals surface area contributed by atoms with Crippen molar-refractivity contribution < 1.29 is 38.6 Å². The summed E-state index contributed by atoms with van der Waals surface area (Å²) >= 11 is 6.96. The lowest BCUT2D eigenvalue weighted by atomic mass is 10.1. The summed E-state index contributed by atoms with van der Waals surface area (Å²) in [5.74, 6) is -2.64. The van der Waals surface area contributed by atoms with Crippen LogP contribution < -0.4 is 15.1 Å². The molecule has 4 rings (SSSR count). The van der Waals surface area contributed by atoms with Gasteiger partial charge in [-0.1, -0.05) is 11.6 Å². The number of hydrogen-bond donors (Lipinski definition) is 2. The Morgan fingerprint density at radius 1 is 1.12 bits per heavy atom. The van der Waals surface area contributed by atoms with Gasteiger partial charge in [-0.25, -0.2) is 4.79 Å². The molecule has 15 heteroatoms. The topological polar surface area (TPSA) is 146 Å². The van der Waals surface area contributed by atoms with E-state index >= 15 is 0 Å². The van der Waals surface area contributed by atoms with Crippen molar-refractivity contribution in [1.82, 2.24) is 10.2 Å². The lowest BCUT2D eigenvalue weighted by Gasteiger charge is -2.27. The molecule has 2 saturated heterocycles. The molecule has 2 aliphatic heterocycles. The van der Waals surface area contributed by atoms with E-state index in [0.29, 0.717) is 28.9 Å². The number of carbonyl (C=O) groups excluding carboxylic acids is 4. The number of nitrogens with zero attached hydrogens (tertiary/aromatic N) is 3. The number of aliphatic carboxylic acids is 1. The first kappa shape index (κ1) is 31.3. The van der Waals surface area contributed by atoms with Gasteiger partial charge in [0.1, 0.15) is 18.2 Å². The summed E-state index contributed by atoms with van der Waals surface area (Å²) in [6.07, 6.45) is -1.49. The van der Waals surface area contributed by atoms with Crippen molar-refractivity contribution in [2.24, 2.45) is 0 Å². The molecule has 2 aromatic rings. The van der Waals surface area contributed by atoms with Crippen LogP contribution in [0.3, 0.4) is 0 Å². The fourth-order valence-electron chi connectivity index (χ4n) is 3.96. The van der Waals surface area contributed by atoms with Crippen LogP contribution >= 0.6 is 35.3 Å². The van der Waals surface area contributed by atoms with Gasteiger partial charge in [0, 0.05) is 17.9 Å². The fraction of sp³-hybridized carbons (Fsp3) is 0.400. The van der Waals surface area contributed by atoms with Crippen LogP contribution in [-0.4, -0.2) is 90.8 Å². The molecule has 0 radical (unpaired) electrons. The third kappa shape index (κ3) is 7.09. The average Bonchev–Trinajstić information content (AvgIpc) is 3.51. The molecule has 1 atom stereocenters. The maximum atomic E-state index is 13.2. The van der Waals surface area contributed by atoms with E-state index in [9.17, 15) is 29.1 Å². The zero-order valence-corrected chi connectivity index (χ0v) is 24.0. The van der Waals surface area contributed by atoms with Gasteiger partial charge < -0.3 is 19.5 Å². The Morgan fingerprint density at radius 2 is 1.77 bits per heavy atom. The van der Waals surface area contributed by atoms with Crippen LogP contribution in [0, 0.1) is 0 Å². The normalized spacial score (nSPS) is 17.3. The second-order valence-electron chi connectivity index (χ2n) is 9.43. The molecule has 0 aliphatic carbocycles. The quantitative estimate of drug-likeness (QED) is 0.435. The van der Waals surface area contributed by atoms with Gasteiger partial charge in [0.15, 0.2) is 0 Å². The molecular weight excluding hydrogens is 587 g/mol. The third-order valence-electron chi connectivity index (χ3n) is 6.27. The predicted molar refractivity (Wildman–Crippen MR) is 150 cm³/mol. The van der Waals surface area contributed by atoms with E-state index in [-0.39, 0.29) is 42.9 Å². The molecule has 0 saturated carbocycles. The number of ether oxygens (including phenoxy) is 2. The minimum atomic E-state index is -1.41. The number of thiophene rings is 1. The molecule has 216 valence electrons. The molecule has 1 aromatic carbocycles. The molecule has 0 bridgehead atoms. The number of amides is 4. The highest BCUT2D eigenvalue weighted by molar-refractivity contribution is 7.18. The summed E-state index contributed by atoms with van der Waals surface area (Å²) in [6, 6.07) is 9.81. The zero-order chi connectivity index (χ0) is 28.3. The minimum Gasteiger partial charge on any atom is -0.480 e. The molecule has 4 amide bonds. The Morgan fingerprint density at radius 3 is 2.35 bits per heavy atom. The average molecular weight is 615 g/mol. The van der Waals surface area contributed by atoms with Gasteiger partial charge in [-0.15, -0.1) is 23.7 Å². The second-order valence-corrected chi connectivity index (χ2v) is 11.1. The molecule has 2 aliphatic rings. The Hall–Kier alpha value is -3.23. The minimum absolute atomic E-state index is 0. The van der Waals surface area contributed by atoms with Crippen LogP contribution in [0.1, 0.15) is 23.5 Å². The number of benzene rings is 1. The van der Waals surface area contributed by atoms with Crippen LogP contribution in [-0.2, 0) is 23.9 Å². The summed E-state index contributed by atoms with van der Waals surface area (Å²) in [5.41, 5.74) is -0.221. The molecule has 2 N–H and O–H groups in total. The summed E-state index contributed by atoms with van der Waals surface area (Å²) in [7, 11) is 0. The van der Waals surface area contributed by atoms with Crippen LogP contribution in [0.2, 0.25) is 4.34 Å². The Kier molecular flexibility index (Phi) is 10.1. The van der Waals surface area contributed by atoms with Gasteiger partial charge in [0.2, 0.25) is 5.91 Å². The molecule has 12 nitrogen and oxygen atoms in total. The number of carbonyl (C=O) groups is 5. The van der Waals surface area contributed by atoms with E-state index in [1.165, 1.54) is 30.9 Å². The largest absolute Gasteiger partial charge is 0.480 e. The molecule has 3 heterocycles. The highest BCUT2D eigenvalue weighted by Crippen LogP contribution is 2.27. The zero-order valence-electron chi connectivity index (χ0n) is 21.6. The summed E-state index contributed by atoms with van der Waals surface area (Å²) in [5, 5.41) is 12.0. The van der Waals surface area contributed by atoms with E-state index < -0.39 is 42.1 Å². The molecular formula is C25H28Cl2N4O8S. The first-order valence-electron chi connectivity index (χ1n) is 12.0. The van der Waals surface area contributed by atoms with Gasteiger partial charge in [0.25, 0.3) is 11.8 Å². The maximum Gasteiger partial charge on any atom is 0.414 e. The van der Waals surface area contributed by atoms with Crippen molar-refractivity contribution in [3.63, 3.8) is 0 Å². The number of hydrogen-bond acceptors (Lipinski definition) is 9. The first-order chi connectivity index (χ1) is 18.5. The van der Waals surface area contributed by atoms with Crippen molar-refractivity contribution in [3.05, 3.63) is 45.6 Å². The monoisotopic (exact) mass is 614 g/mol. The number of nitrogens with one attached hydrogen (secondary N) is 1. The number of imide groups is 1. The summed E-state index contributed by atoms with van der Waals surface area (Å²) in [6.45, 7) is 3.04. The van der Waals surface area contributed by atoms with Crippen LogP contribution in [0.5, 0.6) is 0 Å². The number of halogens is 2. The van der Waals surface area contributed by atoms with Crippen LogP contribution in [0.15, 0.2) is 36.4 Å². The first-order valence-corrected chi connectivity index (χ1v) is 13.2. The fourth-order valence-corrected chi connectivity index (χ4v) is 4.95. The molecule has 2 fully saturated rings. The standard InChI is InChI=1S/C25H27ClN4O8S.ClH/c1-25(2,23(34)35)27-11-20(31)30(22(33)18-7-8-19(26)39-18)13-17-12-29(24(36)38-17)16-5-3-15(4-6-16)28-9-10-37-14-21(28)32;/h3-8,17,27H,9-14H2,1-2H3,(H,34,35);1H/t17-;/m1./s1. The Balaban J connectivity index is 0.00000441. The Bertz CT molecular complexity index is 1290. The van der Waals surface area contributed by atoms with Crippen LogP contribution in [0.4, 0.5) is 16.2 Å². The van der Waals surface area contributed by atoms with Gasteiger partial charge in [0.05, 0.1) is 35.5 Å². The number of carboxylic acid groups (broad SMARTS) is 1. The van der Waals surface area contributed by atoms with E-state index in [2.05, 4.69) is 5.32 Å². The summed E-state index contributed by atoms with van der Waals surface area (Å²) < 4.78 is 11.0. The van der Waals surface area contributed by atoms with Gasteiger partial charge >= 0.3 is 12.1 Å². The van der Waals surface area contributed by atoms with Crippen molar-refractivity contribution in [2.45, 2.75) is 25.5 Å². The highest BCUT2D eigenvalue weighted by Gasteiger charge is 2.37. The summed E-state index contributed by atoms with van der Waals surface area (Å²) in [4.78, 5) is 66.6. The number of anilines is 2. The van der Waals surface area contributed by atoms with Crippen molar-refractivity contribution >= 4 is 76.5 Å².